The molecule has 22 heavy (non-hydrogen) atoms. The number of aryl methyl sites for hydroxylation is 1. The maximum Gasteiger partial charge on any atom is 0.246 e. The lowest BCUT2D eigenvalue weighted by Gasteiger charge is -2.29. The van der Waals surface area contributed by atoms with Crippen molar-refractivity contribution in [3.8, 4) is 0 Å². The van der Waals surface area contributed by atoms with Crippen LogP contribution in [-0.2, 0) is 4.79 Å². The lowest BCUT2D eigenvalue weighted by Crippen LogP contribution is -2.36. The lowest BCUT2D eigenvalue weighted by atomic mass is 9.96. The van der Waals surface area contributed by atoms with Crippen LogP contribution in [0.3, 0.4) is 0 Å². The Hall–Kier alpha value is -2.43. The molecule has 2 aromatic rings. The smallest absolute Gasteiger partial charge is 0.246 e. The van der Waals surface area contributed by atoms with E-state index in [2.05, 4.69) is 10.1 Å². The van der Waals surface area contributed by atoms with Crippen LogP contribution in [0.25, 0.3) is 6.08 Å². The Bertz CT molecular complexity index is 656. The molecule has 114 valence electrons. The number of carbonyl (C=O) groups is 1. The van der Waals surface area contributed by atoms with Crippen LogP contribution in [0.1, 0.15) is 36.0 Å². The predicted molar refractivity (Wildman–Crippen MR) is 83.1 cm³/mol. The first-order valence-electron chi connectivity index (χ1n) is 7.54. The zero-order chi connectivity index (χ0) is 15.4. The summed E-state index contributed by atoms with van der Waals surface area (Å²) in [6, 6.07) is 9.84. The number of piperidine rings is 1. The summed E-state index contributed by atoms with van der Waals surface area (Å²) in [5.74, 6) is 1.69. The average molecular weight is 297 g/mol. The second kappa shape index (κ2) is 6.56. The van der Waals surface area contributed by atoms with Crippen molar-refractivity contribution >= 4 is 12.0 Å². The molecule has 1 aliphatic rings. The summed E-state index contributed by atoms with van der Waals surface area (Å²) in [7, 11) is 0. The summed E-state index contributed by atoms with van der Waals surface area (Å²) in [5.41, 5.74) is 1.03. The van der Waals surface area contributed by atoms with Crippen molar-refractivity contribution in [2.45, 2.75) is 25.7 Å². The molecular weight excluding hydrogens is 278 g/mol. The molecule has 1 saturated heterocycles. The van der Waals surface area contributed by atoms with E-state index < -0.39 is 0 Å². The largest absolute Gasteiger partial charge is 0.339 e. The fraction of sp³-hybridized carbons (Fsp3) is 0.353. The Labute approximate surface area is 129 Å². The van der Waals surface area contributed by atoms with Gasteiger partial charge in [-0.25, -0.2) is 0 Å². The zero-order valence-corrected chi connectivity index (χ0v) is 12.6. The maximum absolute atomic E-state index is 12.2. The third-order valence-corrected chi connectivity index (χ3v) is 3.92. The molecule has 1 fully saturated rings. The van der Waals surface area contributed by atoms with E-state index in [4.69, 9.17) is 4.52 Å². The second-order valence-electron chi connectivity index (χ2n) is 5.52. The number of nitrogens with zero attached hydrogens (tertiary/aromatic N) is 3. The molecule has 0 unspecified atom stereocenters. The summed E-state index contributed by atoms with van der Waals surface area (Å²) in [6.07, 6.45) is 5.24. The van der Waals surface area contributed by atoms with Crippen molar-refractivity contribution < 1.29 is 9.32 Å². The quantitative estimate of drug-likeness (QED) is 0.817. The Morgan fingerprint density at radius 3 is 2.64 bits per heavy atom. The van der Waals surface area contributed by atoms with Gasteiger partial charge < -0.3 is 9.42 Å². The molecule has 3 rings (SSSR count). The summed E-state index contributed by atoms with van der Waals surface area (Å²) in [5, 5.41) is 3.83. The van der Waals surface area contributed by atoms with Gasteiger partial charge in [-0.3, -0.25) is 4.79 Å². The van der Waals surface area contributed by atoms with Gasteiger partial charge in [-0.2, -0.15) is 4.98 Å². The van der Waals surface area contributed by atoms with Gasteiger partial charge in [0.05, 0.1) is 0 Å². The number of likely N-dealkylation sites (tertiary alicyclic amines) is 1. The van der Waals surface area contributed by atoms with Crippen molar-refractivity contribution in [2.75, 3.05) is 13.1 Å². The Morgan fingerprint density at radius 1 is 1.27 bits per heavy atom. The number of rotatable bonds is 3. The highest BCUT2D eigenvalue weighted by Crippen LogP contribution is 2.26. The van der Waals surface area contributed by atoms with Crippen LogP contribution < -0.4 is 0 Å². The van der Waals surface area contributed by atoms with E-state index in [1.807, 2.05) is 48.2 Å². The Morgan fingerprint density at radius 2 is 2.00 bits per heavy atom. The molecule has 0 bridgehead atoms. The maximum atomic E-state index is 12.2. The van der Waals surface area contributed by atoms with Crippen LogP contribution in [0.5, 0.6) is 0 Å². The van der Waals surface area contributed by atoms with Crippen molar-refractivity contribution in [1.82, 2.24) is 15.0 Å². The number of benzene rings is 1. The molecule has 5 nitrogen and oxygen atoms in total. The van der Waals surface area contributed by atoms with Gasteiger partial charge in [-0.15, -0.1) is 0 Å². The normalized spacial score (nSPS) is 16.3. The fourth-order valence-corrected chi connectivity index (χ4v) is 2.66. The molecule has 0 N–H and O–H groups in total. The van der Waals surface area contributed by atoms with Gasteiger partial charge in [0, 0.05) is 25.1 Å². The standard InChI is InChI=1S/C17H19N3O2/c1-13-18-17(22-19-13)15-9-11-20(12-10-15)16(21)8-7-14-5-3-2-4-6-14/h2-8,15H,9-12H2,1H3/b8-7+. The van der Waals surface area contributed by atoms with Crippen LogP contribution >= 0.6 is 0 Å². The highest BCUT2D eigenvalue weighted by molar-refractivity contribution is 5.91. The molecule has 0 aliphatic carbocycles. The fourth-order valence-electron chi connectivity index (χ4n) is 2.66. The highest BCUT2D eigenvalue weighted by atomic mass is 16.5. The van der Waals surface area contributed by atoms with E-state index in [-0.39, 0.29) is 11.8 Å². The van der Waals surface area contributed by atoms with Gasteiger partial charge >= 0.3 is 0 Å². The highest BCUT2D eigenvalue weighted by Gasteiger charge is 2.26. The third kappa shape index (κ3) is 3.42. The zero-order valence-electron chi connectivity index (χ0n) is 12.6. The van der Waals surface area contributed by atoms with Crippen LogP contribution in [-0.4, -0.2) is 34.0 Å². The van der Waals surface area contributed by atoms with Crippen molar-refractivity contribution in [3.05, 3.63) is 53.7 Å². The SMILES string of the molecule is Cc1noc(C2CCN(C(=O)/C=C/c3ccccc3)CC2)n1. The first-order chi connectivity index (χ1) is 10.7. The van der Waals surface area contributed by atoms with Crippen LogP contribution in [0.2, 0.25) is 0 Å². The molecule has 2 heterocycles. The van der Waals surface area contributed by atoms with Gasteiger partial charge in [0.2, 0.25) is 11.8 Å². The van der Waals surface area contributed by atoms with Gasteiger partial charge in [0.25, 0.3) is 0 Å². The molecule has 1 aromatic carbocycles. The minimum absolute atomic E-state index is 0.0593. The average Bonchev–Trinajstić information content (AvgIpc) is 3.00. The number of carbonyl (C=O) groups excluding carboxylic acids is 1. The van der Waals surface area contributed by atoms with E-state index >= 15 is 0 Å². The van der Waals surface area contributed by atoms with Crippen molar-refractivity contribution in [2.24, 2.45) is 0 Å². The lowest BCUT2D eigenvalue weighted by molar-refractivity contribution is -0.127. The minimum Gasteiger partial charge on any atom is -0.339 e. The van der Waals surface area contributed by atoms with E-state index in [0.29, 0.717) is 11.7 Å². The molecule has 0 saturated carbocycles. The summed E-state index contributed by atoms with van der Waals surface area (Å²) < 4.78 is 5.23. The van der Waals surface area contributed by atoms with Crippen LogP contribution in [0.15, 0.2) is 40.9 Å². The van der Waals surface area contributed by atoms with Crippen molar-refractivity contribution in [1.29, 1.82) is 0 Å². The number of hydrogen-bond acceptors (Lipinski definition) is 4. The third-order valence-electron chi connectivity index (χ3n) is 3.92. The Kier molecular flexibility index (Phi) is 4.32. The Balaban J connectivity index is 1.55. The second-order valence-corrected chi connectivity index (χ2v) is 5.52. The van der Waals surface area contributed by atoms with E-state index in [1.54, 1.807) is 6.08 Å². The summed E-state index contributed by atoms with van der Waals surface area (Å²) >= 11 is 0. The van der Waals surface area contributed by atoms with Gasteiger partial charge in [-0.05, 0) is 31.4 Å². The van der Waals surface area contributed by atoms with Crippen LogP contribution in [0, 0.1) is 6.92 Å². The minimum atomic E-state index is 0.0593. The molecule has 1 aliphatic heterocycles. The van der Waals surface area contributed by atoms with Crippen molar-refractivity contribution in [3.63, 3.8) is 0 Å². The predicted octanol–water partition coefficient (Wildman–Crippen LogP) is 2.80. The summed E-state index contributed by atoms with van der Waals surface area (Å²) in [6.45, 7) is 3.27. The number of hydrogen-bond donors (Lipinski definition) is 0. The molecule has 5 heteroatoms. The topological polar surface area (TPSA) is 59.2 Å². The van der Waals surface area contributed by atoms with Crippen LogP contribution in [0.4, 0.5) is 0 Å². The first-order valence-corrected chi connectivity index (χ1v) is 7.54. The monoisotopic (exact) mass is 297 g/mol. The molecule has 0 radical (unpaired) electrons. The number of aromatic nitrogens is 2. The molecule has 1 amide bonds. The van der Waals surface area contributed by atoms with E-state index in [1.165, 1.54) is 0 Å². The van der Waals surface area contributed by atoms with Gasteiger partial charge in [0.1, 0.15) is 0 Å². The molecule has 1 aromatic heterocycles. The first kappa shape index (κ1) is 14.5. The van der Waals surface area contributed by atoms with E-state index in [0.717, 1.165) is 31.5 Å². The molecule has 0 spiro atoms. The van der Waals surface area contributed by atoms with E-state index in [9.17, 15) is 4.79 Å². The van der Waals surface area contributed by atoms with Gasteiger partial charge in [-0.1, -0.05) is 35.5 Å². The van der Waals surface area contributed by atoms with Gasteiger partial charge in [0.15, 0.2) is 5.82 Å². The number of amides is 1. The molecular formula is C17H19N3O2. The molecule has 0 atom stereocenters. The summed E-state index contributed by atoms with van der Waals surface area (Å²) in [4.78, 5) is 18.4.